The Labute approximate surface area is 103 Å². The van der Waals surface area contributed by atoms with Crippen LogP contribution < -0.4 is 22.5 Å². The molecule has 98 valence electrons. The number of nitrogen functional groups attached to an aromatic ring is 1. The second-order valence-electron chi connectivity index (χ2n) is 4.42. The first-order valence-corrected chi connectivity index (χ1v) is 5.54. The van der Waals surface area contributed by atoms with Crippen LogP contribution in [0.25, 0.3) is 11.2 Å². The molecule has 8 heteroatoms. The van der Waals surface area contributed by atoms with Gasteiger partial charge in [-0.05, 0) is 13.8 Å². The number of fused-ring (bicyclic) bond motifs is 1. The van der Waals surface area contributed by atoms with Crippen LogP contribution in [0.5, 0.6) is 0 Å². The van der Waals surface area contributed by atoms with Crippen LogP contribution in [0.2, 0.25) is 0 Å². The molecule has 0 bridgehead atoms. The second kappa shape index (κ2) is 3.98. The van der Waals surface area contributed by atoms with Crippen molar-refractivity contribution >= 4 is 17.1 Å². The molecule has 0 saturated carbocycles. The first kappa shape index (κ1) is 12.4. The molecule has 0 unspecified atom stereocenters. The highest BCUT2D eigenvalue weighted by atomic mass is 16.2. The molecule has 0 aliphatic rings. The fourth-order valence-electron chi connectivity index (χ4n) is 2.02. The number of imidazole rings is 1. The molecule has 2 rings (SSSR count). The summed E-state index contributed by atoms with van der Waals surface area (Å²) in [6.07, 6.45) is 0. The summed E-state index contributed by atoms with van der Waals surface area (Å²) in [4.78, 5) is 28.2. The predicted molar refractivity (Wildman–Crippen MR) is 68.4 cm³/mol. The molecule has 2 heterocycles. The molecule has 0 aliphatic heterocycles. The van der Waals surface area contributed by atoms with E-state index in [0.29, 0.717) is 17.1 Å². The van der Waals surface area contributed by atoms with Crippen LogP contribution >= 0.6 is 0 Å². The molecule has 0 atom stereocenters. The Hall–Kier alpha value is -2.09. The van der Waals surface area contributed by atoms with Crippen molar-refractivity contribution in [3.05, 3.63) is 20.8 Å². The SMILES string of the molecule is CC(C)n1c(NN)nc2c1c(=O)n(C)c(=O)n2C. The van der Waals surface area contributed by atoms with Crippen molar-refractivity contribution in [2.24, 2.45) is 19.9 Å². The number of nitrogens with zero attached hydrogens (tertiary/aromatic N) is 4. The van der Waals surface area contributed by atoms with Gasteiger partial charge < -0.3 is 4.57 Å². The van der Waals surface area contributed by atoms with Crippen LogP contribution in [0.3, 0.4) is 0 Å². The van der Waals surface area contributed by atoms with E-state index in [-0.39, 0.29) is 11.6 Å². The average Bonchev–Trinajstić information content (AvgIpc) is 2.73. The van der Waals surface area contributed by atoms with E-state index in [1.807, 2.05) is 13.8 Å². The number of nitrogens with two attached hydrogens (primary N) is 1. The van der Waals surface area contributed by atoms with Crippen LogP contribution in [-0.2, 0) is 14.1 Å². The van der Waals surface area contributed by atoms with Crippen LogP contribution in [0.1, 0.15) is 19.9 Å². The summed E-state index contributed by atoms with van der Waals surface area (Å²) in [6, 6.07) is -0.00810. The number of hydrogen-bond acceptors (Lipinski definition) is 5. The molecule has 8 nitrogen and oxygen atoms in total. The zero-order chi connectivity index (χ0) is 13.6. The maximum Gasteiger partial charge on any atom is 0.332 e. The quantitative estimate of drug-likeness (QED) is 0.544. The van der Waals surface area contributed by atoms with Gasteiger partial charge in [-0.15, -0.1) is 0 Å². The third kappa shape index (κ3) is 1.46. The van der Waals surface area contributed by atoms with Gasteiger partial charge in [-0.2, -0.15) is 4.98 Å². The molecule has 0 spiro atoms. The Morgan fingerprint density at radius 2 is 1.83 bits per heavy atom. The Kier molecular flexibility index (Phi) is 2.74. The van der Waals surface area contributed by atoms with Crippen molar-refractivity contribution in [1.29, 1.82) is 0 Å². The minimum Gasteiger partial charge on any atom is -0.301 e. The topological polar surface area (TPSA) is 99.9 Å². The number of aryl methyl sites for hydroxylation is 1. The molecule has 3 N–H and O–H groups in total. The van der Waals surface area contributed by atoms with E-state index in [9.17, 15) is 9.59 Å². The molecule has 0 radical (unpaired) electrons. The summed E-state index contributed by atoms with van der Waals surface area (Å²) in [7, 11) is 3.01. The number of anilines is 1. The van der Waals surface area contributed by atoms with Crippen molar-refractivity contribution in [3.63, 3.8) is 0 Å². The van der Waals surface area contributed by atoms with Gasteiger partial charge in [-0.1, -0.05) is 0 Å². The molecule has 18 heavy (non-hydrogen) atoms. The third-order valence-electron chi connectivity index (χ3n) is 2.94. The van der Waals surface area contributed by atoms with Gasteiger partial charge in [0, 0.05) is 20.1 Å². The second-order valence-corrected chi connectivity index (χ2v) is 4.42. The maximum atomic E-state index is 12.2. The number of aromatic nitrogens is 4. The average molecular weight is 252 g/mol. The zero-order valence-corrected chi connectivity index (χ0v) is 10.8. The van der Waals surface area contributed by atoms with Crippen molar-refractivity contribution < 1.29 is 0 Å². The highest BCUT2D eigenvalue weighted by Gasteiger charge is 2.19. The third-order valence-corrected chi connectivity index (χ3v) is 2.94. The minimum absolute atomic E-state index is 0.00810. The molecule has 2 aromatic heterocycles. The largest absolute Gasteiger partial charge is 0.332 e. The normalized spacial score (nSPS) is 11.4. The smallest absolute Gasteiger partial charge is 0.301 e. The van der Waals surface area contributed by atoms with Gasteiger partial charge >= 0.3 is 5.69 Å². The summed E-state index contributed by atoms with van der Waals surface area (Å²) in [6.45, 7) is 3.82. The van der Waals surface area contributed by atoms with E-state index in [2.05, 4.69) is 10.4 Å². The molecular formula is C10H16N6O2. The van der Waals surface area contributed by atoms with Crippen molar-refractivity contribution in [2.75, 3.05) is 5.43 Å². The number of hydrazine groups is 1. The first-order valence-electron chi connectivity index (χ1n) is 5.54. The lowest BCUT2D eigenvalue weighted by Crippen LogP contribution is -2.37. The van der Waals surface area contributed by atoms with Gasteiger partial charge in [0.15, 0.2) is 11.2 Å². The lowest BCUT2D eigenvalue weighted by Gasteiger charge is -2.11. The van der Waals surface area contributed by atoms with Crippen LogP contribution in [0.4, 0.5) is 5.95 Å². The monoisotopic (exact) mass is 252 g/mol. The number of nitrogens with one attached hydrogen (secondary N) is 1. The fourth-order valence-corrected chi connectivity index (χ4v) is 2.02. The summed E-state index contributed by atoms with van der Waals surface area (Å²) < 4.78 is 4.07. The Morgan fingerprint density at radius 3 is 2.33 bits per heavy atom. The molecule has 0 aliphatic carbocycles. The minimum atomic E-state index is -0.413. The zero-order valence-electron chi connectivity index (χ0n) is 10.8. The molecule has 2 aromatic rings. The maximum absolute atomic E-state index is 12.2. The highest BCUT2D eigenvalue weighted by molar-refractivity contribution is 5.74. The lowest BCUT2D eigenvalue weighted by atomic mass is 10.3. The van der Waals surface area contributed by atoms with Gasteiger partial charge in [0.05, 0.1) is 0 Å². The van der Waals surface area contributed by atoms with Crippen molar-refractivity contribution in [3.8, 4) is 0 Å². The van der Waals surface area contributed by atoms with E-state index in [4.69, 9.17) is 5.84 Å². The molecule has 0 amide bonds. The van der Waals surface area contributed by atoms with Crippen molar-refractivity contribution in [1.82, 2.24) is 18.7 Å². The van der Waals surface area contributed by atoms with Gasteiger partial charge in [0.25, 0.3) is 5.56 Å². The van der Waals surface area contributed by atoms with Gasteiger partial charge in [0.2, 0.25) is 5.95 Å². The van der Waals surface area contributed by atoms with Gasteiger partial charge in [-0.25, -0.2) is 10.6 Å². The highest BCUT2D eigenvalue weighted by Crippen LogP contribution is 2.19. The van der Waals surface area contributed by atoms with E-state index in [0.717, 1.165) is 4.57 Å². The van der Waals surface area contributed by atoms with Crippen LogP contribution in [0.15, 0.2) is 9.59 Å². The Balaban J connectivity index is 3.10. The predicted octanol–water partition coefficient (Wildman–Crippen LogP) is -0.700. The van der Waals surface area contributed by atoms with Gasteiger partial charge in [-0.3, -0.25) is 19.4 Å². The van der Waals surface area contributed by atoms with Gasteiger partial charge in [0.1, 0.15) is 0 Å². The standard InChI is InChI=1S/C10H16N6O2/c1-5(2)16-6-7(12-9(16)13-11)14(3)10(18)15(4)8(6)17/h5H,11H2,1-4H3,(H,12,13). The Morgan fingerprint density at radius 1 is 1.22 bits per heavy atom. The van der Waals surface area contributed by atoms with E-state index in [1.54, 1.807) is 11.6 Å². The van der Waals surface area contributed by atoms with Crippen LogP contribution in [-0.4, -0.2) is 18.7 Å². The lowest BCUT2D eigenvalue weighted by molar-refractivity contribution is 0.615. The summed E-state index contributed by atoms with van der Waals surface area (Å²) in [5.74, 6) is 5.76. The van der Waals surface area contributed by atoms with E-state index in [1.165, 1.54) is 11.6 Å². The summed E-state index contributed by atoms with van der Waals surface area (Å²) in [5.41, 5.74) is 2.34. The first-order chi connectivity index (χ1) is 8.40. The van der Waals surface area contributed by atoms with Crippen molar-refractivity contribution in [2.45, 2.75) is 19.9 Å². The number of rotatable bonds is 2. The molecule has 0 aromatic carbocycles. The Bertz CT molecular complexity index is 721. The fraction of sp³-hybridized carbons (Fsp3) is 0.500. The molecule has 0 saturated heterocycles. The molecular weight excluding hydrogens is 236 g/mol. The number of hydrogen-bond donors (Lipinski definition) is 2. The summed E-state index contributed by atoms with van der Waals surface area (Å²) in [5, 5.41) is 0. The van der Waals surface area contributed by atoms with Crippen LogP contribution in [0, 0.1) is 0 Å². The van der Waals surface area contributed by atoms with E-state index < -0.39 is 5.69 Å². The van der Waals surface area contributed by atoms with E-state index >= 15 is 0 Å². The molecule has 0 fully saturated rings. The summed E-state index contributed by atoms with van der Waals surface area (Å²) >= 11 is 0.